The predicted octanol–water partition coefficient (Wildman–Crippen LogP) is 4.66. The molecule has 5 heteroatoms. The first-order valence-electron chi connectivity index (χ1n) is 6.86. The number of ether oxygens (including phenoxy) is 1. The Kier molecular flexibility index (Phi) is 5.22. The molecule has 2 unspecified atom stereocenters. The lowest BCUT2D eigenvalue weighted by atomic mass is 10.2. The highest BCUT2D eigenvalue weighted by molar-refractivity contribution is 7.98. The Labute approximate surface area is 129 Å². The summed E-state index contributed by atoms with van der Waals surface area (Å²) < 4.78 is 7.92. The van der Waals surface area contributed by atoms with E-state index in [4.69, 9.17) is 21.3 Å². The van der Waals surface area contributed by atoms with Gasteiger partial charge in [0.25, 0.3) is 0 Å². The van der Waals surface area contributed by atoms with Crippen LogP contribution in [0, 0.1) is 0 Å². The van der Waals surface area contributed by atoms with E-state index in [1.54, 1.807) is 0 Å². The molecule has 0 bridgehead atoms. The van der Waals surface area contributed by atoms with Crippen LogP contribution >= 0.6 is 23.4 Å². The number of hydrogen-bond acceptors (Lipinski definition) is 3. The SMILES string of the molecule is CCOc1cccc2c1nc(C(C)Cl)n2C(C)CSC. The molecular formula is C15H21ClN2OS. The van der Waals surface area contributed by atoms with Crippen molar-refractivity contribution in [1.29, 1.82) is 0 Å². The van der Waals surface area contributed by atoms with E-state index in [1.165, 1.54) is 0 Å². The lowest BCUT2D eigenvalue weighted by Gasteiger charge is -2.17. The second kappa shape index (κ2) is 6.72. The Morgan fingerprint density at radius 3 is 2.75 bits per heavy atom. The van der Waals surface area contributed by atoms with Crippen LogP contribution in [0.1, 0.15) is 38.0 Å². The normalized spacial score (nSPS) is 14.4. The number of halogens is 1. The van der Waals surface area contributed by atoms with Crippen LogP contribution < -0.4 is 4.74 Å². The minimum atomic E-state index is -0.124. The van der Waals surface area contributed by atoms with Crippen LogP contribution in [0.15, 0.2) is 18.2 Å². The van der Waals surface area contributed by atoms with Crippen molar-refractivity contribution in [2.75, 3.05) is 18.6 Å². The summed E-state index contributed by atoms with van der Waals surface area (Å²) in [6.45, 7) is 6.79. The second-order valence-electron chi connectivity index (χ2n) is 4.82. The monoisotopic (exact) mass is 312 g/mol. The number of fused-ring (bicyclic) bond motifs is 1. The van der Waals surface area contributed by atoms with Crippen LogP contribution in [0.5, 0.6) is 5.75 Å². The number of imidazole rings is 1. The third-order valence-electron chi connectivity index (χ3n) is 3.21. The summed E-state index contributed by atoms with van der Waals surface area (Å²) in [5.74, 6) is 2.77. The molecule has 2 rings (SSSR count). The van der Waals surface area contributed by atoms with E-state index in [0.29, 0.717) is 12.6 Å². The number of rotatable bonds is 6. The van der Waals surface area contributed by atoms with E-state index in [1.807, 2.05) is 37.7 Å². The third-order valence-corrected chi connectivity index (χ3v) is 4.23. The number of nitrogens with zero attached hydrogens (tertiary/aromatic N) is 2. The first kappa shape index (κ1) is 15.5. The van der Waals surface area contributed by atoms with Gasteiger partial charge in [-0.3, -0.25) is 0 Å². The van der Waals surface area contributed by atoms with E-state index in [9.17, 15) is 0 Å². The molecule has 1 heterocycles. The molecule has 0 aliphatic heterocycles. The molecule has 1 aromatic heterocycles. The molecule has 0 aliphatic rings. The fourth-order valence-electron chi connectivity index (χ4n) is 2.44. The summed E-state index contributed by atoms with van der Waals surface area (Å²) in [5, 5.41) is -0.124. The van der Waals surface area contributed by atoms with Gasteiger partial charge >= 0.3 is 0 Å². The summed E-state index contributed by atoms with van der Waals surface area (Å²) in [7, 11) is 0. The lowest BCUT2D eigenvalue weighted by molar-refractivity contribution is 0.343. The number of thioether (sulfide) groups is 1. The molecule has 2 aromatic rings. The zero-order valence-corrected chi connectivity index (χ0v) is 14.0. The van der Waals surface area contributed by atoms with Crippen LogP contribution in [0.25, 0.3) is 11.0 Å². The molecule has 0 aliphatic carbocycles. The van der Waals surface area contributed by atoms with Crippen molar-refractivity contribution >= 4 is 34.4 Å². The van der Waals surface area contributed by atoms with Crippen LogP contribution in [0.2, 0.25) is 0 Å². The number of hydrogen-bond donors (Lipinski definition) is 0. The molecule has 0 amide bonds. The molecule has 3 nitrogen and oxygen atoms in total. The van der Waals surface area contributed by atoms with Gasteiger partial charge in [-0.1, -0.05) is 6.07 Å². The largest absolute Gasteiger partial charge is 0.492 e. The van der Waals surface area contributed by atoms with E-state index >= 15 is 0 Å². The van der Waals surface area contributed by atoms with Crippen molar-refractivity contribution in [3.8, 4) is 5.75 Å². The average Bonchev–Trinajstić information content (AvgIpc) is 2.80. The van der Waals surface area contributed by atoms with Gasteiger partial charge in [-0.2, -0.15) is 11.8 Å². The van der Waals surface area contributed by atoms with E-state index < -0.39 is 0 Å². The fraction of sp³-hybridized carbons (Fsp3) is 0.533. The Bertz CT molecular complexity index is 583. The van der Waals surface area contributed by atoms with E-state index in [0.717, 1.165) is 28.4 Å². The fourth-order valence-corrected chi connectivity index (χ4v) is 3.23. The summed E-state index contributed by atoms with van der Waals surface area (Å²) in [6.07, 6.45) is 2.12. The maximum atomic E-state index is 6.32. The van der Waals surface area contributed by atoms with Gasteiger partial charge in [-0.25, -0.2) is 4.98 Å². The van der Waals surface area contributed by atoms with Crippen molar-refractivity contribution < 1.29 is 4.74 Å². The number of benzene rings is 1. The standard InChI is InChI=1S/C15H21ClN2OS/c1-5-19-13-8-6-7-12-14(13)17-15(11(3)16)18(12)10(2)9-20-4/h6-8,10-11H,5,9H2,1-4H3. The van der Waals surface area contributed by atoms with Gasteiger partial charge < -0.3 is 9.30 Å². The number of aromatic nitrogens is 2. The van der Waals surface area contributed by atoms with Gasteiger partial charge in [0.05, 0.1) is 17.5 Å². The quantitative estimate of drug-likeness (QED) is 0.726. The van der Waals surface area contributed by atoms with Crippen LogP contribution in [0.3, 0.4) is 0 Å². The highest BCUT2D eigenvalue weighted by Crippen LogP contribution is 2.33. The van der Waals surface area contributed by atoms with Gasteiger partial charge in [0.1, 0.15) is 17.1 Å². The summed E-state index contributed by atoms with van der Waals surface area (Å²) in [6, 6.07) is 6.42. The average molecular weight is 313 g/mol. The van der Waals surface area contributed by atoms with Crippen molar-refractivity contribution in [1.82, 2.24) is 9.55 Å². The van der Waals surface area contributed by atoms with Gasteiger partial charge in [0.15, 0.2) is 0 Å². The first-order valence-corrected chi connectivity index (χ1v) is 8.69. The Balaban J connectivity index is 2.63. The molecule has 110 valence electrons. The Hall–Kier alpha value is -0.870. The number of alkyl halides is 1. The molecule has 20 heavy (non-hydrogen) atoms. The minimum Gasteiger partial charge on any atom is -0.492 e. The Morgan fingerprint density at radius 1 is 1.40 bits per heavy atom. The summed E-state index contributed by atoms with van der Waals surface area (Å²) >= 11 is 8.15. The van der Waals surface area contributed by atoms with Gasteiger partial charge in [0.2, 0.25) is 0 Å². The first-order chi connectivity index (χ1) is 9.60. The molecule has 0 N–H and O–H groups in total. The molecule has 2 atom stereocenters. The van der Waals surface area contributed by atoms with Crippen molar-refractivity contribution in [3.63, 3.8) is 0 Å². The smallest absolute Gasteiger partial charge is 0.147 e. The Morgan fingerprint density at radius 2 is 2.15 bits per heavy atom. The van der Waals surface area contributed by atoms with E-state index in [-0.39, 0.29) is 5.38 Å². The molecule has 1 aromatic carbocycles. The zero-order chi connectivity index (χ0) is 14.7. The maximum Gasteiger partial charge on any atom is 0.147 e. The van der Waals surface area contributed by atoms with Crippen LogP contribution in [-0.4, -0.2) is 28.2 Å². The van der Waals surface area contributed by atoms with Crippen LogP contribution in [-0.2, 0) is 0 Å². The summed E-state index contributed by atoms with van der Waals surface area (Å²) in [5.41, 5.74) is 2.00. The highest BCUT2D eigenvalue weighted by atomic mass is 35.5. The zero-order valence-electron chi connectivity index (χ0n) is 12.4. The lowest BCUT2D eigenvalue weighted by Crippen LogP contribution is -2.11. The third kappa shape index (κ3) is 2.91. The molecule has 0 saturated carbocycles. The molecular weight excluding hydrogens is 292 g/mol. The topological polar surface area (TPSA) is 27.1 Å². The minimum absolute atomic E-state index is 0.124. The molecule has 0 spiro atoms. The van der Waals surface area contributed by atoms with Gasteiger partial charge in [-0.15, -0.1) is 11.6 Å². The van der Waals surface area contributed by atoms with E-state index in [2.05, 4.69) is 23.8 Å². The van der Waals surface area contributed by atoms with Crippen molar-refractivity contribution in [2.24, 2.45) is 0 Å². The molecule has 0 saturated heterocycles. The van der Waals surface area contributed by atoms with Crippen molar-refractivity contribution in [2.45, 2.75) is 32.2 Å². The second-order valence-corrected chi connectivity index (χ2v) is 6.38. The maximum absolute atomic E-state index is 6.32. The molecule has 0 fully saturated rings. The van der Waals surface area contributed by atoms with Crippen LogP contribution in [0.4, 0.5) is 0 Å². The van der Waals surface area contributed by atoms with Gasteiger partial charge in [-0.05, 0) is 39.2 Å². The van der Waals surface area contributed by atoms with Crippen molar-refractivity contribution in [3.05, 3.63) is 24.0 Å². The summed E-state index contributed by atoms with van der Waals surface area (Å²) in [4.78, 5) is 4.73. The number of para-hydroxylation sites is 1. The highest BCUT2D eigenvalue weighted by Gasteiger charge is 2.20. The predicted molar refractivity (Wildman–Crippen MR) is 88.3 cm³/mol. The van der Waals surface area contributed by atoms with Gasteiger partial charge in [0, 0.05) is 11.8 Å². The molecule has 0 radical (unpaired) electrons.